The number of fused-ring (bicyclic) bond motifs is 2. The van der Waals surface area contributed by atoms with Crippen LogP contribution >= 0.6 is 0 Å². The zero-order valence-electron chi connectivity index (χ0n) is 24.9. The second-order valence-electron chi connectivity index (χ2n) is 13.0. The highest BCUT2D eigenvalue weighted by molar-refractivity contribution is 6.74. The summed E-state index contributed by atoms with van der Waals surface area (Å²) >= 11 is 0. The fourth-order valence-electron chi connectivity index (χ4n) is 4.49. The maximum absolute atomic E-state index is 13.3. The average Bonchev–Trinajstić information content (AvgIpc) is 3.43. The molecule has 2 aliphatic rings. The fraction of sp³-hybridized carbons (Fsp3) is 0.643. The molecule has 3 heterocycles. The summed E-state index contributed by atoms with van der Waals surface area (Å²) in [4.78, 5) is 33.3. The number of alkyl carbamates (subject to hydrolysis) is 1. The highest BCUT2D eigenvalue weighted by atomic mass is 28.4. The van der Waals surface area contributed by atoms with Crippen molar-refractivity contribution in [2.45, 2.75) is 103 Å². The number of aromatic nitrogens is 2. The van der Waals surface area contributed by atoms with Crippen molar-refractivity contribution >= 4 is 20.4 Å². The molecule has 11 nitrogen and oxygen atoms in total. The molecule has 1 aromatic carbocycles. The molecule has 4 rings (SSSR count). The largest absolute Gasteiger partial charge is 0.444 e. The number of carbonyl (C=O) groups excluding carboxylic acids is 2. The van der Waals surface area contributed by atoms with Gasteiger partial charge in [0, 0.05) is 6.54 Å². The summed E-state index contributed by atoms with van der Waals surface area (Å²) in [5.41, 5.74) is 0.370. The van der Waals surface area contributed by atoms with Crippen LogP contribution in [0.4, 0.5) is 9.59 Å². The van der Waals surface area contributed by atoms with Gasteiger partial charge in [0.15, 0.2) is 8.32 Å². The van der Waals surface area contributed by atoms with E-state index in [1.807, 2.05) is 51.1 Å². The molecule has 3 atom stereocenters. The van der Waals surface area contributed by atoms with Crippen LogP contribution in [0.15, 0.2) is 34.7 Å². The first-order valence-corrected chi connectivity index (χ1v) is 16.8. The van der Waals surface area contributed by atoms with Gasteiger partial charge in [-0.1, -0.05) is 51.1 Å². The molecule has 0 spiro atoms. The third kappa shape index (κ3) is 7.02. The number of piperidine rings is 1. The van der Waals surface area contributed by atoms with E-state index in [9.17, 15) is 9.59 Å². The Bertz CT molecular complexity index is 1180. The minimum absolute atomic E-state index is 0.0254. The normalized spacial score (nSPS) is 20.6. The minimum Gasteiger partial charge on any atom is -0.444 e. The zero-order valence-corrected chi connectivity index (χ0v) is 25.9. The van der Waals surface area contributed by atoms with Crippen LogP contribution in [0.25, 0.3) is 0 Å². The second-order valence-corrected chi connectivity index (χ2v) is 17.8. The topological polar surface area (TPSA) is 119 Å². The lowest BCUT2D eigenvalue weighted by Gasteiger charge is -2.38. The summed E-state index contributed by atoms with van der Waals surface area (Å²) < 4.78 is 18.2. The fourth-order valence-corrected chi connectivity index (χ4v) is 5.74. The summed E-state index contributed by atoms with van der Waals surface area (Å²) in [6.07, 6.45) is 0.218. The Morgan fingerprint density at radius 1 is 1.12 bits per heavy atom. The van der Waals surface area contributed by atoms with E-state index < -0.39 is 26.1 Å². The summed E-state index contributed by atoms with van der Waals surface area (Å²) in [6.45, 7) is 17.1. The van der Waals surface area contributed by atoms with Gasteiger partial charge in [-0.25, -0.2) is 9.59 Å². The highest BCUT2D eigenvalue weighted by Gasteiger charge is 2.48. The van der Waals surface area contributed by atoms with E-state index in [4.69, 9.17) is 18.4 Å². The van der Waals surface area contributed by atoms with Crippen molar-refractivity contribution in [2.75, 3.05) is 13.1 Å². The number of hydrogen-bond acceptors (Lipinski definition) is 8. The molecule has 1 aromatic heterocycles. The standard InChI is InChI=1S/C28H43N5O6Si/c1-27(2,3)38-25(34)29-16-22(39-40(7,8)28(4,5)6)24-31-30-23(37-24)21-15-14-20-17-32(21)26(35)33(20)36-18-19-12-10-9-11-13-19/h9-13,20-22H,14-18H2,1-8H3,(H,29,34)/t20-,21-,22-/m0/s1. The van der Waals surface area contributed by atoms with E-state index in [0.717, 1.165) is 12.0 Å². The molecule has 0 saturated carbocycles. The van der Waals surface area contributed by atoms with Gasteiger partial charge in [0.1, 0.15) is 24.4 Å². The molecule has 40 heavy (non-hydrogen) atoms. The third-order valence-corrected chi connectivity index (χ3v) is 12.1. The van der Waals surface area contributed by atoms with E-state index in [1.54, 1.807) is 4.90 Å². The van der Waals surface area contributed by atoms with Crippen LogP contribution in [0.2, 0.25) is 18.1 Å². The quantitative estimate of drug-likeness (QED) is 0.378. The molecule has 0 aliphatic carbocycles. The maximum Gasteiger partial charge on any atom is 0.407 e. The smallest absolute Gasteiger partial charge is 0.407 e. The summed E-state index contributed by atoms with van der Waals surface area (Å²) in [7, 11) is -2.28. The Labute approximate surface area is 237 Å². The van der Waals surface area contributed by atoms with Crippen LogP contribution in [0.3, 0.4) is 0 Å². The van der Waals surface area contributed by atoms with E-state index in [0.29, 0.717) is 25.5 Å². The Kier molecular flexibility index (Phi) is 8.62. The van der Waals surface area contributed by atoms with Crippen LogP contribution in [0, 0.1) is 0 Å². The molecule has 2 saturated heterocycles. The average molecular weight is 574 g/mol. The summed E-state index contributed by atoms with van der Waals surface area (Å²) in [6, 6.07) is 9.18. The van der Waals surface area contributed by atoms with E-state index in [2.05, 4.69) is 49.4 Å². The molecule has 2 aliphatic heterocycles. The lowest BCUT2D eigenvalue weighted by molar-refractivity contribution is -0.140. The van der Waals surface area contributed by atoms with Crippen LogP contribution in [-0.4, -0.2) is 65.3 Å². The molecular weight excluding hydrogens is 530 g/mol. The number of nitrogens with zero attached hydrogens (tertiary/aromatic N) is 4. The number of urea groups is 1. The lowest BCUT2D eigenvalue weighted by Crippen LogP contribution is -2.44. The number of ether oxygens (including phenoxy) is 1. The molecular formula is C28H43N5O6Si. The molecule has 2 aromatic rings. The maximum atomic E-state index is 13.3. The van der Waals surface area contributed by atoms with Gasteiger partial charge in [0.2, 0.25) is 11.8 Å². The summed E-state index contributed by atoms with van der Waals surface area (Å²) in [5.74, 6) is 0.620. The minimum atomic E-state index is -2.28. The van der Waals surface area contributed by atoms with Gasteiger partial charge in [-0.2, -0.15) is 5.06 Å². The van der Waals surface area contributed by atoms with Gasteiger partial charge in [0.05, 0.1) is 12.6 Å². The van der Waals surface area contributed by atoms with Crippen molar-refractivity contribution in [3.8, 4) is 0 Å². The molecule has 12 heteroatoms. The molecule has 0 radical (unpaired) electrons. The Hall–Kier alpha value is -2.96. The Balaban J connectivity index is 1.47. The predicted molar refractivity (Wildman–Crippen MR) is 150 cm³/mol. The summed E-state index contributed by atoms with van der Waals surface area (Å²) in [5, 5.41) is 12.8. The number of rotatable bonds is 9. The zero-order chi connectivity index (χ0) is 29.3. The van der Waals surface area contributed by atoms with Gasteiger partial charge in [-0.15, -0.1) is 10.2 Å². The molecule has 3 amide bonds. The van der Waals surface area contributed by atoms with E-state index in [-0.39, 0.29) is 35.6 Å². The van der Waals surface area contributed by atoms with Gasteiger partial charge < -0.3 is 23.8 Å². The number of hydrogen-bond donors (Lipinski definition) is 1. The van der Waals surface area contributed by atoms with Crippen LogP contribution in [0.5, 0.6) is 0 Å². The van der Waals surface area contributed by atoms with Crippen molar-refractivity contribution in [2.24, 2.45) is 0 Å². The van der Waals surface area contributed by atoms with Crippen LogP contribution in [-0.2, 0) is 20.6 Å². The van der Waals surface area contributed by atoms with Crippen molar-refractivity contribution in [1.29, 1.82) is 0 Å². The predicted octanol–water partition coefficient (Wildman–Crippen LogP) is 5.73. The van der Waals surface area contributed by atoms with Crippen molar-refractivity contribution in [3.05, 3.63) is 47.7 Å². The highest BCUT2D eigenvalue weighted by Crippen LogP contribution is 2.41. The molecule has 1 N–H and O–H groups in total. The SMILES string of the molecule is CC(C)(C)OC(=O)NC[C@H](O[Si](C)(C)C(C)(C)C)c1nnc([C@@H]2CC[C@H]3CN2C(=O)N3OCc2ccccc2)o1. The third-order valence-electron chi connectivity index (χ3n) is 7.63. The van der Waals surface area contributed by atoms with Crippen LogP contribution in [0.1, 0.15) is 83.9 Å². The molecule has 2 fully saturated rings. The van der Waals surface area contributed by atoms with E-state index >= 15 is 0 Å². The van der Waals surface area contributed by atoms with Gasteiger partial charge >= 0.3 is 12.1 Å². The number of nitrogens with one attached hydrogen (secondary N) is 1. The molecule has 220 valence electrons. The molecule has 0 unspecified atom stereocenters. The van der Waals surface area contributed by atoms with Gasteiger partial charge in [0.25, 0.3) is 0 Å². The van der Waals surface area contributed by atoms with Gasteiger partial charge in [-0.3, -0.25) is 4.84 Å². The Morgan fingerprint density at radius 2 is 1.82 bits per heavy atom. The first-order chi connectivity index (χ1) is 18.6. The van der Waals surface area contributed by atoms with Crippen molar-refractivity contribution in [3.63, 3.8) is 0 Å². The number of benzene rings is 1. The first kappa shape index (κ1) is 30.0. The second kappa shape index (κ2) is 11.5. The Morgan fingerprint density at radius 3 is 2.48 bits per heavy atom. The van der Waals surface area contributed by atoms with Gasteiger partial charge in [-0.05, 0) is 57.3 Å². The number of hydroxylamine groups is 2. The number of carbonyl (C=O) groups is 2. The number of amides is 3. The molecule has 2 bridgehead atoms. The monoisotopic (exact) mass is 573 g/mol. The first-order valence-electron chi connectivity index (χ1n) is 13.9. The lowest BCUT2D eigenvalue weighted by atomic mass is 10.0. The van der Waals surface area contributed by atoms with Crippen molar-refractivity contribution < 1.29 is 28.0 Å². The van der Waals surface area contributed by atoms with E-state index in [1.165, 1.54) is 5.06 Å². The van der Waals surface area contributed by atoms with Crippen LogP contribution < -0.4 is 5.32 Å². The van der Waals surface area contributed by atoms with Crippen molar-refractivity contribution in [1.82, 2.24) is 25.5 Å².